The standard InChI is InChI=1S/C13H22N2O5/c1-2-5-13(6-7-14-8-13)12(20)15-9(11(18)19)3-4-10(16)17/h9,14H,2-8H2,1H3,(H,15,20)(H,16,17)(H,18,19). The Morgan fingerprint density at radius 2 is 2.05 bits per heavy atom. The van der Waals surface area contributed by atoms with Gasteiger partial charge in [0.05, 0.1) is 5.41 Å². The zero-order valence-electron chi connectivity index (χ0n) is 11.6. The van der Waals surface area contributed by atoms with Crippen LogP contribution in [0, 0.1) is 5.41 Å². The van der Waals surface area contributed by atoms with Gasteiger partial charge in [-0.25, -0.2) is 4.79 Å². The summed E-state index contributed by atoms with van der Waals surface area (Å²) < 4.78 is 0. The fourth-order valence-electron chi connectivity index (χ4n) is 2.58. The van der Waals surface area contributed by atoms with Crippen LogP contribution in [0.15, 0.2) is 0 Å². The predicted molar refractivity (Wildman–Crippen MR) is 71.3 cm³/mol. The summed E-state index contributed by atoms with van der Waals surface area (Å²) in [4.78, 5) is 34.0. The number of carboxylic acid groups (broad SMARTS) is 2. The van der Waals surface area contributed by atoms with E-state index in [4.69, 9.17) is 10.2 Å². The van der Waals surface area contributed by atoms with Gasteiger partial charge in [-0.3, -0.25) is 9.59 Å². The first-order chi connectivity index (χ1) is 9.41. The van der Waals surface area contributed by atoms with Crippen LogP contribution in [0.25, 0.3) is 0 Å². The van der Waals surface area contributed by atoms with E-state index in [1.165, 1.54) is 0 Å². The summed E-state index contributed by atoms with van der Waals surface area (Å²) in [6.45, 7) is 3.25. The first-order valence-corrected chi connectivity index (χ1v) is 6.87. The van der Waals surface area contributed by atoms with Gasteiger partial charge in [0.15, 0.2) is 0 Å². The van der Waals surface area contributed by atoms with Crippen LogP contribution in [-0.2, 0) is 14.4 Å². The van der Waals surface area contributed by atoms with Crippen molar-refractivity contribution in [1.82, 2.24) is 10.6 Å². The summed E-state index contributed by atoms with van der Waals surface area (Å²) in [6.07, 6.45) is 1.82. The number of amides is 1. The van der Waals surface area contributed by atoms with Crippen LogP contribution in [0.5, 0.6) is 0 Å². The molecule has 4 N–H and O–H groups in total. The SMILES string of the molecule is CCCC1(C(=O)NC(CCC(=O)O)C(=O)O)CCNC1. The van der Waals surface area contributed by atoms with Gasteiger partial charge in [-0.05, 0) is 25.8 Å². The van der Waals surface area contributed by atoms with E-state index in [1.807, 2.05) is 6.92 Å². The molecule has 0 aromatic rings. The second kappa shape index (κ2) is 7.23. The van der Waals surface area contributed by atoms with Gasteiger partial charge in [-0.15, -0.1) is 0 Å². The summed E-state index contributed by atoms with van der Waals surface area (Å²) >= 11 is 0. The maximum Gasteiger partial charge on any atom is 0.326 e. The molecule has 114 valence electrons. The number of aliphatic carboxylic acids is 2. The van der Waals surface area contributed by atoms with Crippen LogP contribution in [-0.4, -0.2) is 47.2 Å². The van der Waals surface area contributed by atoms with Crippen molar-refractivity contribution in [3.63, 3.8) is 0 Å². The molecule has 1 fully saturated rings. The minimum absolute atomic E-state index is 0.105. The Bertz CT molecular complexity index is 377. The highest BCUT2D eigenvalue weighted by atomic mass is 16.4. The molecule has 20 heavy (non-hydrogen) atoms. The average molecular weight is 286 g/mol. The predicted octanol–water partition coefficient (Wildman–Crippen LogP) is 0.200. The molecule has 0 spiro atoms. The third kappa shape index (κ3) is 4.19. The molecule has 1 saturated heterocycles. The van der Waals surface area contributed by atoms with Crippen LogP contribution < -0.4 is 10.6 Å². The maximum absolute atomic E-state index is 12.4. The Morgan fingerprint density at radius 3 is 2.50 bits per heavy atom. The van der Waals surface area contributed by atoms with Gasteiger partial charge in [0, 0.05) is 13.0 Å². The lowest BCUT2D eigenvalue weighted by Crippen LogP contribution is -2.49. The highest BCUT2D eigenvalue weighted by molar-refractivity contribution is 5.88. The summed E-state index contributed by atoms with van der Waals surface area (Å²) in [6, 6.07) is -1.15. The molecule has 0 aromatic carbocycles. The quantitative estimate of drug-likeness (QED) is 0.506. The summed E-state index contributed by atoms with van der Waals surface area (Å²) in [5, 5.41) is 23.3. The van der Waals surface area contributed by atoms with Crippen molar-refractivity contribution in [2.75, 3.05) is 13.1 Å². The summed E-state index contributed by atoms with van der Waals surface area (Å²) in [5.41, 5.74) is -0.564. The Kier molecular flexibility index (Phi) is 5.94. The molecule has 1 aliphatic heterocycles. The fraction of sp³-hybridized carbons (Fsp3) is 0.769. The highest BCUT2D eigenvalue weighted by Crippen LogP contribution is 2.31. The molecule has 0 radical (unpaired) electrons. The van der Waals surface area contributed by atoms with E-state index in [-0.39, 0.29) is 18.7 Å². The lowest BCUT2D eigenvalue weighted by Gasteiger charge is -2.28. The second-order valence-electron chi connectivity index (χ2n) is 5.25. The summed E-state index contributed by atoms with van der Waals surface area (Å²) in [7, 11) is 0. The van der Waals surface area contributed by atoms with Crippen LogP contribution in [0.3, 0.4) is 0 Å². The van der Waals surface area contributed by atoms with Crippen molar-refractivity contribution in [3.8, 4) is 0 Å². The Labute approximate surface area is 117 Å². The smallest absolute Gasteiger partial charge is 0.326 e. The molecule has 0 aliphatic carbocycles. The maximum atomic E-state index is 12.4. The van der Waals surface area contributed by atoms with E-state index in [1.54, 1.807) is 0 Å². The van der Waals surface area contributed by atoms with Crippen molar-refractivity contribution >= 4 is 17.8 Å². The molecule has 2 unspecified atom stereocenters. The monoisotopic (exact) mass is 286 g/mol. The minimum atomic E-state index is -1.20. The molecule has 7 nitrogen and oxygen atoms in total. The molecule has 0 bridgehead atoms. The van der Waals surface area contributed by atoms with Crippen LogP contribution in [0.4, 0.5) is 0 Å². The van der Waals surface area contributed by atoms with Crippen molar-refractivity contribution in [2.24, 2.45) is 5.41 Å². The number of carboxylic acids is 2. The normalized spacial score (nSPS) is 23.2. The van der Waals surface area contributed by atoms with E-state index in [9.17, 15) is 14.4 Å². The van der Waals surface area contributed by atoms with Crippen molar-refractivity contribution in [2.45, 2.75) is 45.1 Å². The largest absolute Gasteiger partial charge is 0.481 e. The van der Waals surface area contributed by atoms with Crippen molar-refractivity contribution < 1.29 is 24.6 Å². The molecule has 1 aliphatic rings. The van der Waals surface area contributed by atoms with E-state index >= 15 is 0 Å². The number of rotatable bonds is 8. The third-order valence-corrected chi connectivity index (χ3v) is 3.70. The van der Waals surface area contributed by atoms with Crippen molar-refractivity contribution in [1.29, 1.82) is 0 Å². The van der Waals surface area contributed by atoms with Gasteiger partial charge in [-0.1, -0.05) is 13.3 Å². The summed E-state index contributed by atoms with van der Waals surface area (Å²) in [5.74, 6) is -2.56. The van der Waals surface area contributed by atoms with E-state index in [0.717, 1.165) is 13.0 Å². The highest BCUT2D eigenvalue weighted by Gasteiger charge is 2.41. The number of nitrogens with one attached hydrogen (secondary N) is 2. The minimum Gasteiger partial charge on any atom is -0.481 e. The lowest BCUT2D eigenvalue weighted by atomic mass is 9.81. The van der Waals surface area contributed by atoms with Crippen LogP contribution in [0.2, 0.25) is 0 Å². The number of hydrogen-bond acceptors (Lipinski definition) is 4. The first-order valence-electron chi connectivity index (χ1n) is 6.87. The van der Waals surface area contributed by atoms with Gasteiger partial charge in [-0.2, -0.15) is 0 Å². The fourth-order valence-corrected chi connectivity index (χ4v) is 2.58. The van der Waals surface area contributed by atoms with Crippen LogP contribution >= 0.6 is 0 Å². The van der Waals surface area contributed by atoms with Crippen LogP contribution in [0.1, 0.15) is 39.0 Å². The van der Waals surface area contributed by atoms with Gasteiger partial charge in [0.2, 0.25) is 5.91 Å². The molecule has 0 saturated carbocycles. The second-order valence-corrected chi connectivity index (χ2v) is 5.25. The van der Waals surface area contributed by atoms with Gasteiger partial charge in [0.25, 0.3) is 0 Å². The average Bonchev–Trinajstić information content (AvgIpc) is 2.83. The van der Waals surface area contributed by atoms with E-state index in [0.29, 0.717) is 19.4 Å². The molecule has 0 aromatic heterocycles. The topological polar surface area (TPSA) is 116 Å². The molecule has 1 rings (SSSR count). The van der Waals surface area contributed by atoms with Gasteiger partial charge >= 0.3 is 11.9 Å². The number of hydrogen-bond donors (Lipinski definition) is 4. The lowest BCUT2D eigenvalue weighted by molar-refractivity contribution is -0.145. The molecule has 1 amide bonds. The molecule has 2 atom stereocenters. The van der Waals surface area contributed by atoms with E-state index < -0.39 is 23.4 Å². The molecular formula is C13H22N2O5. The van der Waals surface area contributed by atoms with Gasteiger partial charge in [0.1, 0.15) is 6.04 Å². The Morgan fingerprint density at radius 1 is 1.35 bits per heavy atom. The number of carbonyl (C=O) groups is 3. The van der Waals surface area contributed by atoms with E-state index in [2.05, 4.69) is 10.6 Å². The Balaban J connectivity index is 2.68. The zero-order valence-corrected chi connectivity index (χ0v) is 11.6. The van der Waals surface area contributed by atoms with Crippen molar-refractivity contribution in [3.05, 3.63) is 0 Å². The molecular weight excluding hydrogens is 264 g/mol. The first kappa shape index (κ1) is 16.4. The van der Waals surface area contributed by atoms with Gasteiger partial charge < -0.3 is 20.8 Å². The Hall–Kier alpha value is -1.63. The zero-order chi connectivity index (χ0) is 15.2. The third-order valence-electron chi connectivity index (χ3n) is 3.70. The molecule has 7 heteroatoms. The number of carbonyl (C=O) groups excluding carboxylic acids is 1. The molecule has 1 heterocycles.